The SMILES string of the molecule is COc1ccc2ncnc(Nc3ccc(O)cc3)c2c1. The third kappa shape index (κ3) is 2.33. The van der Waals surface area contributed by atoms with E-state index in [1.165, 1.54) is 6.33 Å². The van der Waals surface area contributed by atoms with Gasteiger partial charge in [-0.3, -0.25) is 0 Å². The molecule has 5 nitrogen and oxygen atoms in total. The van der Waals surface area contributed by atoms with Gasteiger partial charge in [0.15, 0.2) is 0 Å². The van der Waals surface area contributed by atoms with Crippen molar-refractivity contribution in [3.05, 3.63) is 48.8 Å². The Bertz CT molecular complexity index is 742. The van der Waals surface area contributed by atoms with E-state index in [9.17, 15) is 5.11 Å². The molecule has 2 aromatic carbocycles. The number of hydrogen-bond donors (Lipinski definition) is 2. The number of aromatic nitrogens is 2. The minimum Gasteiger partial charge on any atom is -0.508 e. The van der Waals surface area contributed by atoms with Gasteiger partial charge in [-0.15, -0.1) is 0 Å². The van der Waals surface area contributed by atoms with Crippen molar-refractivity contribution in [1.82, 2.24) is 9.97 Å². The second kappa shape index (κ2) is 5.05. The summed E-state index contributed by atoms with van der Waals surface area (Å²) in [6.45, 7) is 0. The quantitative estimate of drug-likeness (QED) is 0.714. The van der Waals surface area contributed by atoms with Crippen LogP contribution in [0.3, 0.4) is 0 Å². The molecular weight excluding hydrogens is 254 g/mol. The number of anilines is 2. The first-order chi connectivity index (χ1) is 9.76. The first-order valence-corrected chi connectivity index (χ1v) is 6.11. The lowest BCUT2D eigenvalue weighted by Gasteiger charge is -2.09. The maximum atomic E-state index is 9.29. The molecule has 3 aromatic rings. The number of ether oxygens (including phenoxy) is 1. The fraction of sp³-hybridized carbons (Fsp3) is 0.0667. The highest BCUT2D eigenvalue weighted by Crippen LogP contribution is 2.27. The number of benzene rings is 2. The van der Waals surface area contributed by atoms with Crippen molar-refractivity contribution in [3.8, 4) is 11.5 Å². The average Bonchev–Trinajstić information content (AvgIpc) is 2.49. The van der Waals surface area contributed by atoms with Crippen molar-refractivity contribution < 1.29 is 9.84 Å². The van der Waals surface area contributed by atoms with Crippen molar-refractivity contribution in [1.29, 1.82) is 0 Å². The number of phenols is 1. The van der Waals surface area contributed by atoms with Gasteiger partial charge in [-0.2, -0.15) is 0 Å². The van der Waals surface area contributed by atoms with E-state index >= 15 is 0 Å². The third-order valence-corrected chi connectivity index (χ3v) is 2.97. The molecular formula is C15H13N3O2. The minimum atomic E-state index is 0.227. The van der Waals surface area contributed by atoms with E-state index in [0.717, 1.165) is 22.3 Å². The van der Waals surface area contributed by atoms with Crippen LogP contribution in [-0.2, 0) is 0 Å². The second-order valence-electron chi connectivity index (χ2n) is 4.28. The van der Waals surface area contributed by atoms with Crippen LogP contribution >= 0.6 is 0 Å². The summed E-state index contributed by atoms with van der Waals surface area (Å²) in [5.74, 6) is 1.67. The van der Waals surface area contributed by atoms with Crippen LogP contribution in [0.4, 0.5) is 11.5 Å². The van der Waals surface area contributed by atoms with Crippen LogP contribution in [0.1, 0.15) is 0 Å². The van der Waals surface area contributed by atoms with Crippen molar-refractivity contribution in [2.75, 3.05) is 12.4 Å². The van der Waals surface area contributed by atoms with Crippen LogP contribution in [0.5, 0.6) is 11.5 Å². The highest BCUT2D eigenvalue weighted by molar-refractivity contribution is 5.91. The average molecular weight is 267 g/mol. The summed E-state index contributed by atoms with van der Waals surface area (Å²) in [6.07, 6.45) is 1.51. The van der Waals surface area contributed by atoms with Gasteiger partial charge in [-0.1, -0.05) is 0 Å². The zero-order valence-corrected chi connectivity index (χ0v) is 10.9. The number of aromatic hydroxyl groups is 1. The van der Waals surface area contributed by atoms with Crippen LogP contribution in [0.25, 0.3) is 10.9 Å². The van der Waals surface area contributed by atoms with E-state index in [4.69, 9.17) is 4.74 Å². The van der Waals surface area contributed by atoms with Crippen LogP contribution in [0, 0.1) is 0 Å². The number of nitrogens with zero attached hydrogens (tertiary/aromatic N) is 2. The van der Waals surface area contributed by atoms with E-state index in [1.807, 2.05) is 18.2 Å². The predicted molar refractivity (Wildman–Crippen MR) is 77.5 cm³/mol. The lowest BCUT2D eigenvalue weighted by molar-refractivity contribution is 0.415. The van der Waals surface area contributed by atoms with Gasteiger partial charge in [-0.05, 0) is 42.5 Å². The highest BCUT2D eigenvalue weighted by Gasteiger charge is 2.05. The lowest BCUT2D eigenvalue weighted by atomic mass is 10.2. The van der Waals surface area contributed by atoms with Crippen molar-refractivity contribution >= 4 is 22.4 Å². The van der Waals surface area contributed by atoms with Crippen molar-refractivity contribution in [2.45, 2.75) is 0 Å². The summed E-state index contributed by atoms with van der Waals surface area (Å²) in [5, 5.41) is 13.4. The maximum absolute atomic E-state index is 9.29. The number of hydrogen-bond acceptors (Lipinski definition) is 5. The van der Waals surface area contributed by atoms with E-state index in [1.54, 1.807) is 31.4 Å². The Kier molecular flexibility index (Phi) is 3.09. The number of nitrogens with one attached hydrogen (secondary N) is 1. The lowest BCUT2D eigenvalue weighted by Crippen LogP contribution is -1.96. The Labute approximate surface area is 115 Å². The van der Waals surface area contributed by atoms with Gasteiger partial charge in [-0.25, -0.2) is 9.97 Å². The molecule has 1 aromatic heterocycles. The first-order valence-electron chi connectivity index (χ1n) is 6.11. The molecule has 100 valence electrons. The highest BCUT2D eigenvalue weighted by atomic mass is 16.5. The van der Waals surface area contributed by atoms with Crippen LogP contribution in [0.2, 0.25) is 0 Å². The monoisotopic (exact) mass is 267 g/mol. The fourth-order valence-electron chi connectivity index (χ4n) is 1.94. The number of methoxy groups -OCH3 is 1. The molecule has 20 heavy (non-hydrogen) atoms. The molecule has 0 amide bonds. The molecule has 0 spiro atoms. The standard InChI is InChI=1S/C15H13N3O2/c1-20-12-6-7-14-13(8-12)15(17-9-16-14)18-10-2-4-11(19)5-3-10/h2-9,19H,1H3,(H,16,17,18). The van der Waals surface area contributed by atoms with Gasteiger partial charge in [0, 0.05) is 11.1 Å². The molecule has 3 rings (SSSR count). The van der Waals surface area contributed by atoms with Crippen LogP contribution in [0.15, 0.2) is 48.8 Å². The van der Waals surface area contributed by atoms with E-state index in [0.29, 0.717) is 5.82 Å². The summed E-state index contributed by atoms with van der Waals surface area (Å²) < 4.78 is 5.23. The van der Waals surface area contributed by atoms with Gasteiger partial charge in [0.2, 0.25) is 0 Å². The molecule has 0 radical (unpaired) electrons. The molecule has 0 saturated carbocycles. The molecule has 0 saturated heterocycles. The zero-order valence-electron chi connectivity index (χ0n) is 10.9. The Balaban J connectivity index is 2.04. The second-order valence-corrected chi connectivity index (χ2v) is 4.28. The Morgan fingerprint density at radius 1 is 1.05 bits per heavy atom. The zero-order chi connectivity index (χ0) is 13.9. The predicted octanol–water partition coefficient (Wildman–Crippen LogP) is 3.09. The molecule has 0 atom stereocenters. The van der Waals surface area contributed by atoms with Gasteiger partial charge < -0.3 is 15.2 Å². The molecule has 0 bridgehead atoms. The van der Waals surface area contributed by atoms with Gasteiger partial charge >= 0.3 is 0 Å². The molecule has 0 aliphatic carbocycles. The summed E-state index contributed by atoms with van der Waals surface area (Å²) in [7, 11) is 1.62. The number of fused-ring (bicyclic) bond motifs is 1. The molecule has 2 N–H and O–H groups in total. The largest absolute Gasteiger partial charge is 0.508 e. The molecule has 0 unspecified atom stereocenters. The van der Waals surface area contributed by atoms with E-state index in [2.05, 4.69) is 15.3 Å². The topological polar surface area (TPSA) is 67.3 Å². The minimum absolute atomic E-state index is 0.227. The van der Waals surface area contributed by atoms with Crippen molar-refractivity contribution in [2.24, 2.45) is 0 Å². The summed E-state index contributed by atoms with van der Waals surface area (Å²) >= 11 is 0. The van der Waals surface area contributed by atoms with E-state index < -0.39 is 0 Å². The summed E-state index contributed by atoms with van der Waals surface area (Å²) in [6, 6.07) is 12.4. The van der Waals surface area contributed by atoms with E-state index in [-0.39, 0.29) is 5.75 Å². The maximum Gasteiger partial charge on any atom is 0.141 e. The number of rotatable bonds is 3. The smallest absolute Gasteiger partial charge is 0.141 e. The molecule has 0 aliphatic rings. The van der Waals surface area contributed by atoms with Crippen LogP contribution < -0.4 is 10.1 Å². The van der Waals surface area contributed by atoms with Gasteiger partial charge in [0.05, 0.1) is 12.6 Å². The third-order valence-electron chi connectivity index (χ3n) is 2.97. The van der Waals surface area contributed by atoms with Crippen LogP contribution in [-0.4, -0.2) is 22.2 Å². The molecule has 0 aliphatic heterocycles. The number of phenolic OH excluding ortho intramolecular Hbond substituents is 1. The van der Waals surface area contributed by atoms with Gasteiger partial charge in [0.1, 0.15) is 23.6 Å². The molecule has 5 heteroatoms. The summed E-state index contributed by atoms with van der Waals surface area (Å²) in [4.78, 5) is 8.49. The first kappa shape index (κ1) is 12.2. The Morgan fingerprint density at radius 3 is 2.60 bits per heavy atom. The normalized spacial score (nSPS) is 10.4. The molecule has 1 heterocycles. The Morgan fingerprint density at radius 2 is 1.85 bits per heavy atom. The Hall–Kier alpha value is -2.82. The summed E-state index contributed by atoms with van der Waals surface area (Å²) in [5.41, 5.74) is 1.67. The fourth-order valence-corrected chi connectivity index (χ4v) is 1.94. The van der Waals surface area contributed by atoms with Gasteiger partial charge in [0.25, 0.3) is 0 Å². The molecule has 0 fully saturated rings. The van der Waals surface area contributed by atoms with Crippen molar-refractivity contribution in [3.63, 3.8) is 0 Å².